The van der Waals surface area contributed by atoms with Crippen LogP contribution in [0.1, 0.15) is 38.7 Å². The number of piperidine rings is 1. The summed E-state index contributed by atoms with van der Waals surface area (Å²) in [6, 6.07) is 10.8. The molecule has 132 valence electrons. The summed E-state index contributed by atoms with van der Waals surface area (Å²) in [6.45, 7) is 7.42. The maximum absolute atomic E-state index is 12.5. The summed E-state index contributed by atoms with van der Waals surface area (Å²) >= 11 is 0. The van der Waals surface area contributed by atoms with Crippen molar-refractivity contribution in [3.8, 4) is 0 Å². The molecule has 2 N–H and O–H groups in total. The number of aliphatic hydroxyl groups excluding tert-OH is 1. The highest BCUT2D eigenvalue weighted by Gasteiger charge is 2.37. The Morgan fingerprint density at radius 3 is 2.42 bits per heavy atom. The van der Waals surface area contributed by atoms with Gasteiger partial charge < -0.3 is 10.4 Å². The van der Waals surface area contributed by atoms with Crippen molar-refractivity contribution < 1.29 is 9.90 Å². The third kappa shape index (κ3) is 3.98. The molecule has 4 atom stereocenters. The summed E-state index contributed by atoms with van der Waals surface area (Å²) in [5.41, 5.74) is 1.34. The summed E-state index contributed by atoms with van der Waals surface area (Å²) in [5, 5.41) is 13.2. The minimum atomic E-state index is -0.450. The molecule has 1 heterocycles. The Morgan fingerprint density at radius 2 is 1.83 bits per heavy atom. The first kappa shape index (κ1) is 17.4. The van der Waals surface area contributed by atoms with E-state index in [0.717, 1.165) is 38.9 Å². The van der Waals surface area contributed by atoms with E-state index in [1.807, 2.05) is 6.07 Å². The third-order valence-electron chi connectivity index (χ3n) is 5.69. The second kappa shape index (κ2) is 7.66. The van der Waals surface area contributed by atoms with Gasteiger partial charge in [0.25, 0.3) is 0 Å². The van der Waals surface area contributed by atoms with Crippen molar-refractivity contribution in [2.24, 2.45) is 17.8 Å². The molecule has 1 aromatic carbocycles. The van der Waals surface area contributed by atoms with Crippen molar-refractivity contribution in [1.82, 2.24) is 10.2 Å². The molecule has 1 saturated heterocycles. The van der Waals surface area contributed by atoms with Crippen molar-refractivity contribution in [1.29, 1.82) is 0 Å². The quantitative estimate of drug-likeness (QED) is 0.891. The van der Waals surface area contributed by atoms with Crippen molar-refractivity contribution in [3.63, 3.8) is 0 Å². The van der Waals surface area contributed by atoms with Gasteiger partial charge in [-0.25, -0.2) is 0 Å². The molecular formula is C20H30N2O2. The summed E-state index contributed by atoms with van der Waals surface area (Å²) in [7, 11) is 0. The first-order valence-electron chi connectivity index (χ1n) is 9.29. The average Bonchev–Trinajstić information content (AvgIpc) is 2.98. The zero-order valence-electron chi connectivity index (χ0n) is 14.8. The lowest BCUT2D eigenvalue weighted by molar-refractivity contribution is -0.129. The maximum atomic E-state index is 12.5. The summed E-state index contributed by atoms with van der Waals surface area (Å²) < 4.78 is 0. The van der Waals surface area contributed by atoms with Gasteiger partial charge in [0.05, 0.1) is 12.0 Å². The number of amides is 1. The minimum Gasteiger partial charge on any atom is -0.392 e. The molecule has 2 aliphatic rings. The number of rotatable bonds is 4. The van der Waals surface area contributed by atoms with Crippen LogP contribution in [0.4, 0.5) is 0 Å². The zero-order chi connectivity index (χ0) is 17.1. The first-order valence-corrected chi connectivity index (χ1v) is 9.29. The monoisotopic (exact) mass is 330 g/mol. The molecule has 24 heavy (non-hydrogen) atoms. The Morgan fingerprint density at radius 1 is 1.17 bits per heavy atom. The minimum absolute atomic E-state index is 0.0557. The molecule has 4 unspecified atom stereocenters. The second-order valence-electron chi connectivity index (χ2n) is 7.77. The van der Waals surface area contributed by atoms with E-state index >= 15 is 0 Å². The van der Waals surface area contributed by atoms with Crippen LogP contribution in [0.15, 0.2) is 30.3 Å². The highest BCUT2D eigenvalue weighted by Crippen LogP contribution is 2.28. The molecule has 1 amide bonds. The Kier molecular flexibility index (Phi) is 5.57. The molecule has 4 nitrogen and oxygen atoms in total. The van der Waals surface area contributed by atoms with Gasteiger partial charge >= 0.3 is 0 Å². The van der Waals surface area contributed by atoms with Crippen molar-refractivity contribution in [2.75, 3.05) is 13.1 Å². The molecule has 0 spiro atoms. The second-order valence-corrected chi connectivity index (χ2v) is 7.77. The number of hydrogen-bond donors (Lipinski definition) is 2. The van der Waals surface area contributed by atoms with E-state index in [-0.39, 0.29) is 17.9 Å². The fraction of sp³-hybridized carbons (Fsp3) is 0.650. The van der Waals surface area contributed by atoms with Crippen LogP contribution in [0.3, 0.4) is 0 Å². The van der Waals surface area contributed by atoms with Crippen LogP contribution in [0.2, 0.25) is 0 Å². The fourth-order valence-corrected chi connectivity index (χ4v) is 4.45. The zero-order valence-corrected chi connectivity index (χ0v) is 14.8. The Labute approximate surface area is 145 Å². The van der Waals surface area contributed by atoms with Crippen LogP contribution in [0.5, 0.6) is 0 Å². The topological polar surface area (TPSA) is 52.6 Å². The number of nitrogens with zero attached hydrogens (tertiary/aromatic N) is 1. The van der Waals surface area contributed by atoms with Gasteiger partial charge in [0.15, 0.2) is 0 Å². The highest BCUT2D eigenvalue weighted by molar-refractivity contribution is 5.79. The molecule has 1 aromatic rings. The van der Waals surface area contributed by atoms with Crippen molar-refractivity contribution >= 4 is 5.91 Å². The lowest BCUT2D eigenvalue weighted by atomic mass is 9.85. The molecule has 4 heteroatoms. The maximum Gasteiger partial charge on any atom is 0.225 e. The van der Waals surface area contributed by atoms with Gasteiger partial charge in [0.2, 0.25) is 5.91 Å². The molecule has 3 rings (SSSR count). The van der Waals surface area contributed by atoms with E-state index in [9.17, 15) is 9.90 Å². The Bertz CT molecular complexity index is 536. The van der Waals surface area contributed by atoms with E-state index in [4.69, 9.17) is 0 Å². The fourth-order valence-electron chi connectivity index (χ4n) is 4.45. The largest absolute Gasteiger partial charge is 0.392 e. The van der Waals surface area contributed by atoms with Gasteiger partial charge in [0, 0.05) is 25.7 Å². The van der Waals surface area contributed by atoms with Crippen molar-refractivity contribution in [2.45, 2.75) is 51.8 Å². The van der Waals surface area contributed by atoms with E-state index in [0.29, 0.717) is 11.8 Å². The number of carbonyl (C=O) groups excluding carboxylic acids is 1. The Hall–Kier alpha value is -1.39. The molecule has 1 aliphatic carbocycles. The normalized spacial score (nSPS) is 34.2. The van der Waals surface area contributed by atoms with Crippen LogP contribution in [-0.4, -0.2) is 41.1 Å². The average molecular weight is 330 g/mol. The van der Waals surface area contributed by atoms with E-state index in [1.54, 1.807) is 0 Å². The van der Waals surface area contributed by atoms with Crippen LogP contribution < -0.4 is 5.32 Å². The van der Waals surface area contributed by atoms with Gasteiger partial charge in [-0.2, -0.15) is 0 Å². The van der Waals surface area contributed by atoms with Gasteiger partial charge in [-0.15, -0.1) is 0 Å². The van der Waals surface area contributed by atoms with Gasteiger partial charge in [-0.1, -0.05) is 44.2 Å². The Balaban J connectivity index is 1.56. The molecule has 0 aromatic heterocycles. The van der Waals surface area contributed by atoms with Crippen LogP contribution >= 0.6 is 0 Å². The molecular weight excluding hydrogens is 300 g/mol. The van der Waals surface area contributed by atoms with Crippen LogP contribution in [-0.2, 0) is 11.3 Å². The number of benzene rings is 1. The number of carbonyl (C=O) groups is 1. The lowest BCUT2D eigenvalue weighted by Crippen LogP contribution is -2.55. The summed E-state index contributed by atoms with van der Waals surface area (Å²) in [5.74, 6) is 0.687. The predicted octanol–water partition coefficient (Wildman–Crippen LogP) is 2.42. The number of nitrogens with one attached hydrogen (secondary N) is 1. The molecule has 0 bridgehead atoms. The standard InChI is InChI=1S/C20H30N2O2/c1-14-11-22(13-16-7-4-3-5-8-16)12-15(2)19(14)21-20(24)17-9-6-10-18(17)23/h3-5,7-8,14-15,17-19,23H,6,9-13H2,1-2H3,(H,21,24). The molecule has 2 fully saturated rings. The highest BCUT2D eigenvalue weighted by atomic mass is 16.3. The van der Waals surface area contributed by atoms with Crippen molar-refractivity contribution in [3.05, 3.63) is 35.9 Å². The van der Waals surface area contributed by atoms with E-state index in [1.165, 1.54) is 5.56 Å². The lowest BCUT2D eigenvalue weighted by Gasteiger charge is -2.42. The van der Waals surface area contributed by atoms with Gasteiger partial charge in [-0.3, -0.25) is 9.69 Å². The van der Waals surface area contributed by atoms with Gasteiger partial charge in [-0.05, 0) is 36.7 Å². The summed E-state index contributed by atoms with van der Waals surface area (Å²) in [4.78, 5) is 15.0. The van der Waals surface area contributed by atoms with Gasteiger partial charge in [0.1, 0.15) is 0 Å². The van der Waals surface area contributed by atoms with Crippen LogP contribution in [0, 0.1) is 17.8 Å². The predicted molar refractivity (Wildman–Crippen MR) is 95.3 cm³/mol. The molecule has 0 radical (unpaired) electrons. The number of hydrogen-bond acceptors (Lipinski definition) is 3. The number of likely N-dealkylation sites (tertiary alicyclic amines) is 1. The number of aliphatic hydroxyl groups is 1. The molecule has 1 aliphatic heterocycles. The molecule has 1 saturated carbocycles. The third-order valence-corrected chi connectivity index (χ3v) is 5.69. The smallest absolute Gasteiger partial charge is 0.225 e. The van der Waals surface area contributed by atoms with E-state index < -0.39 is 6.10 Å². The summed E-state index contributed by atoms with van der Waals surface area (Å²) in [6.07, 6.45) is 2.09. The van der Waals surface area contributed by atoms with E-state index in [2.05, 4.69) is 48.3 Å². The van der Waals surface area contributed by atoms with Crippen LogP contribution in [0.25, 0.3) is 0 Å². The first-order chi connectivity index (χ1) is 11.5. The SMILES string of the molecule is CC1CN(Cc2ccccc2)CC(C)C1NC(=O)C1CCCC1O.